The van der Waals surface area contributed by atoms with Gasteiger partial charge < -0.3 is 9.72 Å². The third-order valence-electron chi connectivity index (χ3n) is 2.54. The van der Waals surface area contributed by atoms with Crippen LogP contribution in [-0.4, -0.2) is 18.1 Å². The van der Waals surface area contributed by atoms with Gasteiger partial charge in [0.15, 0.2) is 0 Å². The zero-order chi connectivity index (χ0) is 13.3. The number of H-pyrrole nitrogens is 1. The van der Waals surface area contributed by atoms with Gasteiger partial charge in [0.2, 0.25) is 5.56 Å². The molecule has 0 saturated heterocycles. The first-order valence-corrected chi connectivity index (χ1v) is 5.09. The number of ether oxygens (including phenoxy) is 1. The van der Waals surface area contributed by atoms with Crippen LogP contribution < -0.4 is 5.56 Å². The number of pyridine rings is 1. The third kappa shape index (κ3) is 2.09. The van der Waals surface area contributed by atoms with Crippen LogP contribution in [0.25, 0.3) is 10.9 Å². The molecule has 0 aliphatic heterocycles. The minimum absolute atomic E-state index is 0.0950. The largest absolute Gasteiger partial charge is 0.469 e. The van der Waals surface area contributed by atoms with Gasteiger partial charge >= 0.3 is 5.97 Å². The Bertz CT molecular complexity index is 679. The van der Waals surface area contributed by atoms with Gasteiger partial charge in [-0.25, -0.2) is 8.78 Å². The number of methoxy groups -OCH3 is 1. The Balaban J connectivity index is 2.76. The van der Waals surface area contributed by atoms with Crippen molar-refractivity contribution in [1.82, 2.24) is 4.98 Å². The first-order valence-electron chi connectivity index (χ1n) is 5.09. The number of rotatable bonds is 2. The Morgan fingerprint density at radius 2 is 2.00 bits per heavy atom. The highest BCUT2D eigenvalue weighted by atomic mass is 19.1. The van der Waals surface area contributed by atoms with E-state index in [1.165, 1.54) is 7.11 Å². The molecule has 0 spiro atoms. The van der Waals surface area contributed by atoms with Crippen molar-refractivity contribution in [3.63, 3.8) is 0 Å². The molecule has 0 radical (unpaired) electrons. The van der Waals surface area contributed by atoms with E-state index in [1.54, 1.807) is 0 Å². The predicted octanol–water partition coefficient (Wildman–Crippen LogP) is 1.52. The number of benzene rings is 1. The average molecular weight is 253 g/mol. The molecule has 18 heavy (non-hydrogen) atoms. The number of hydrogen-bond acceptors (Lipinski definition) is 3. The van der Waals surface area contributed by atoms with E-state index in [0.717, 1.165) is 18.2 Å². The van der Waals surface area contributed by atoms with E-state index in [1.807, 2.05) is 0 Å². The van der Waals surface area contributed by atoms with E-state index >= 15 is 0 Å². The molecule has 4 nitrogen and oxygen atoms in total. The van der Waals surface area contributed by atoms with E-state index in [4.69, 9.17) is 0 Å². The van der Waals surface area contributed by atoms with Crippen LogP contribution in [0.5, 0.6) is 0 Å². The molecule has 0 saturated carbocycles. The van der Waals surface area contributed by atoms with Crippen LogP contribution >= 0.6 is 0 Å². The summed E-state index contributed by atoms with van der Waals surface area (Å²) < 4.78 is 31.6. The first-order chi connectivity index (χ1) is 8.52. The Morgan fingerprint density at radius 1 is 1.33 bits per heavy atom. The number of esters is 1. The van der Waals surface area contributed by atoms with Crippen molar-refractivity contribution in [3.05, 3.63) is 45.8 Å². The summed E-state index contributed by atoms with van der Waals surface area (Å²) in [6, 6.07) is 2.91. The monoisotopic (exact) mass is 253 g/mol. The van der Waals surface area contributed by atoms with Crippen LogP contribution in [0.2, 0.25) is 0 Å². The molecule has 0 aliphatic carbocycles. The Hall–Kier alpha value is -2.24. The molecule has 1 N–H and O–H groups in total. The number of halogens is 2. The molecule has 0 atom stereocenters. The van der Waals surface area contributed by atoms with Gasteiger partial charge in [0.25, 0.3) is 0 Å². The van der Waals surface area contributed by atoms with Crippen molar-refractivity contribution in [2.24, 2.45) is 0 Å². The lowest BCUT2D eigenvalue weighted by Crippen LogP contribution is -2.12. The van der Waals surface area contributed by atoms with Gasteiger partial charge in [0, 0.05) is 11.5 Å². The maximum atomic E-state index is 13.7. The Labute approximate surface area is 100 Å². The van der Waals surface area contributed by atoms with E-state index < -0.39 is 23.2 Å². The van der Waals surface area contributed by atoms with Crippen molar-refractivity contribution in [2.75, 3.05) is 7.11 Å². The van der Waals surface area contributed by atoms with E-state index in [2.05, 4.69) is 9.72 Å². The highest BCUT2D eigenvalue weighted by Gasteiger charge is 2.14. The van der Waals surface area contributed by atoms with E-state index in [-0.39, 0.29) is 22.9 Å². The van der Waals surface area contributed by atoms with Crippen LogP contribution in [0, 0.1) is 11.6 Å². The molecule has 0 bridgehead atoms. The maximum absolute atomic E-state index is 13.7. The minimum atomic E-state index is -0.754. The smallest absolute Gasteiger partial charge is 0.310 e. The van der Waals surface area contributed by atoms with E-state index in [9.17, 15) is 18.4 Å². The second kappa shape index (κ2) is 4.56. The normalized spacial score (nSPS) is 10.6. The predicted molar refractivity (Wildman–Crippen MR) is 60.2 cm³/mol. The topological polar surface area (TPSA) is 59.2 Å². The number of hydrogen-bond donors (Lipinski definition) is 1. The summed E-state index contributed by atoms with van der Waals surface area (Å²) >= 11 is 0. The van der Waals surface area contributed by atoms with Crippen LogP contribution in [0.1, 0.15) is 5.56 Å². The zero-order valence-corrected chi connectivity index (χ0v) is 9.42. The molecule has 1 heterocycles. The SMILES string of the molecule is COC(=O)Cc1cc(=O)[nH]c2c(F)ccc(F)c12. The summed E-state index contributed by atoms with van der Waals surface area (Å²) in [4.78, 5) is 24.7. The van der Waals surface area contributed by atoms with Crippen molar-refractivity contribution in [2.45, 2.75) is 6.42 Å². The van der Waals surface area contributed by atoms with Crippen LogP contribution in [0.3, 0.4) is 0 Å². The number of fused-ring (bicyclic) bond motifs is 1. The molecule has 0 amide bonds. The number of carbonyl (C=O) groups is 1. The molecule has 6 heteroatoms. The van der Waals surface area contributed by atoms with Crippen molar-refractivity contribution >= 4 is 16.9 Å². The fraction of sp³-hybridized carbons (Fsp3) is 0.167. The molecular formula is C12H9F2NO3. The van der Waals surface area contributed by atoms with E-state index in [0.29, 0.717) is 0 Å². The van der Waals surface area contributed by atoms with Gasteiger partial charge in [-0.3, -0.25) is 9.59 Å². The Kier molecular flexibility index (Phi) is 3.10. The van der Waals surface area contributed by atoms with Crippen LogP contribution in [0.4, 0.5) is 8.78 Å². The lowest BCUT2D eigenvalue weighted by molar-refractivity contribution is -0.139. The summed E-state index contributed by atoms with van der Waals surface area (Å²) in [5.74, 6) is -2.10. The molecule has 2 aromatic rings. The quantitative estimate of drug-likeness (QED) is 0.825. The second-order valence-corrected chi connectivity index (χ2v) is 3.69. The van der Waals surface area contributed by atoms with Gasteiger partial charge in [-0.05, 0) is 17.7 Å². The Morgan fingerprint density at radius 3 is 2.67 bits per heavy atom. The molecule has 94 valence electrons. The highest BCUT2D eigenvalue weighted by molar-refractivity contribution is 5.87. The van der Waals surface area contributed by atoms with Gasteiger partial charge in [-0.15, -0.1) is 0 Å². The molecular weight excluding hydrogens is 244 g/mol. The van der Waals surface area contributed by atoms with Gasteiger partial charge in [-0.2, -0.15) is 0 Å². The second-order valence-electron chi connectivity index (χ2n) is 3.69. The standard InChI is InChI=1S/C12H9F2NO3/c1-18-10(17)5-6-4-9(16)15-12-8(14)3-2-7(13)11(6)12/h2-4H,5H2,1H3,(H,15,16). The lowest BCUT2D eigenvalue weighted by atomic mass is 10.1. The molecule has 2 rings (SSSR count). The molecule has 0 fully saturated rings. The molecule has 0 aliphatic rings. The minimum Gasteiger partial charge on any atom is -0.469 e. The maximum Gasteiger partial charge on any atom is 0.310 e. The number of nitrogens with one attached hydrogen (secondary N) is 1. The lowest BCUT2D eigenvalue weighted by Gasteiger charge is -2.06. The van der Waals surface area contributed by atoms with Gasteiger partial charge in [0.1, 0.15) is 11.6 Å². The van der Waals surface area contributed by atoms with Crippen molar-refractivity contribution < 1.29 is 18.3 Å². The van der Waals surface area contributed by atoms with Crippen molar-refractivity contribution in [3.8, 4) is 0 Å². The summed E-state index contributed by atoms with van der Waals surface area (Å²) in [6.07, 6.45) is -0.294. The zero-order valence-electron chi connectivity index (χ0n) is 9.42. The number of carbonyl (C=O) groups excluding carboxylic acids is 1. The number of aromatic amines is 1. The molecule has 1 aromatic heterocycles. The fourth-order valence-corrected chi connectivity index (χ4v) is 1.74. The van der Waals surface area contributed by atoms with Gasteiger partial charge in [0.05, 0.1) is 19.0 Å². The molecule has 1 aromatic carbocycles. The molecule has 0 unspecified atom stereocenters. The summed E-state index contributed by atoms with van der Waals surface area (Å²) in [5.41, 5.74) is -0.759. The summed E-state index contributed by atoms with van der Waals surface area (Å²) in [5, 5.41) is -0.111. The average Bonchev–Trinajstić information content (AvgIpc) is 2.33. The van der Waals surface area contributed by atoms with Crippen LogP contribution in [0.15, 0.2) is 23.0 Å². The van der Waals surface area contributed by atoms with Crippen LogP contribution in [-0.2, 0) is 16.0 Å². The summed E-state index contributed by atoms with van der Waals surface area (Å²) in [7, 11) is 1.18. The van der Waals surface area contributed by atoms with Crippen molar-refractivity contribution in [1.29, 1.82) is 0 Å². The first kappa shape index (κ1) is 12.2. The fourth-order valence-electron chi connectivity index (χ4n) is 1.74. The third-order valence-corrected chi connectivity index (χ3v) is 2.54. The summed E-state index contributed by atoms with van der Waals surface area (Å²) in [6.45, 7) is 0. The van der Waals surface area contributed by atoms with Gasteiger partial charge in [-0.1, -0.05) is 0 Å². The highest BCUT2D eigenvalue weighted by Crippen LogP contribution is 2.22. The number of aromatic nitrogens is 1.